The van der Waals surface area contributed by atoms with Crippen LogP contribution in [0.3, 0.4) is 0 Å². The smallest absolute Gasteiger partial charge is 0.246 e. The van der Waals surface area contributed by atoms with Crippen molar-refractivity contribution in [3.63, 3.8) is 0 Å². The standard InChI is InChI=1S/C18H22N4O4/c23-15(19-11-5-1-2-6-11)9-14-20-16(26-21-14)10-22-17(24)12-7-3-4-8-13(12)18(22)25/h3-4,11-13H,1-2,5-10H2,(H,19,23). The maximum Gasteiger partial charge on any atom is 0.246 e. The SMILES string of the molecule is O=C(Cc1noc(CN2C(=O)C3CC=CCC3C2=O)n1)NC1CCCC1. The first-order valence-corrected chi connectivity index (χ1v) is 9.23. The van der Waals surface area contributed by atoms with E-state index in [1.807, 2.05) is 12.2 Å². The molecule has 2 heterocycles. The largest absolute Gasteiger partial charge is 0.353 e. The summed E-state index contributed by atoms with van der Waals surface area (Å²) < 4.78 is 5.14. The lowest BCUT2D eigenvalue weighted by Gasteiger charge is -2.14. The molecule has 3 aliphatic rings. The molecule has 2 fully saturated rings. The topological polar surface area (TPSA) is 105 Å². The van der Waals surface area contributed by atoms with Crippen LogP contribution in [0.15, 0.2) is 16.7 Å². The van der Waals surface area contributed by atoms with Crippen molar-refractivity contribution >= 4 is 17.7 Å². The Hall–Kier alpha value is -2.51. The number of rotatable bonds is 5. The Morgan fingerprint density at radius 1 is 1.15 bits per heavy atom. The van der Waals surface area contributed by atoms with Crippen LogP contribution in [0.2, 0.25) is 0 Å². The van der Waals surface area contributed by atoms with Gasteiger partial charge in [-0.3, -0.25) is 19.3 Å². The molecule has 8 heteroatoms. The quantitative estimate of drug-likeness (QED) is 0.625. The van der Waals surface area contributed by atoms with Gasteiger partial charge < -0.3 is 9.84 Å². The van der Waals surface area contributed by atoms with E-state index in [2.05, 4.69) is 15.5 Å². The molecular formula is C18H22N4O4. The highest BCUT2D eigenvalue weighted by Gasteiger charge is 2.47. The molecular weight excluding hydrogens is 336 g/mol. The van der Waals surface area contributed by atoms with E-state index in [1.54, 1.807) is 0 Å². The van der Waals surface area contributed by atoms with Gasteiger partial charge in [0.05, 0.1) is 18.3 Å². The average molecular weight is 358 g/mol. The molecule has 8 nitrogen and oxygen atoms in total. The minimum absolute atomic E-state index is 0.0259. The summed E-state index contributed by atoms with van der Waals surface area (Å²) in [5.41, 5.74) is 0. The summed E-state index contributed by atoms with van der Waals surface area (Å²) in [5.74, 6) is -0.573. The predicted octanol–water partition coefficient (Wildman–Crippen LogP) is 1.12. The molecule has 1 aromatic rings. The van der Waals surface area contributed by atoms with Gasteiger partial charge in [-0.2, -0.15) is 4.98 Å². The van der Waals surface area contributed by atoms with Gasteiger partial charge in [-0.15, -0.1) is 0 Å². The number of fused-ring (bicyclic) bond motifs is 1. The number of nitrogens with one attached hydrogen (secondary N) is 1. The van der Waals surface area contributed by atoms with Gasteiger partial charge in [0.2, 0.25) is 23.6 Å². The lowest BCUT2D eigenvalue weighted by molar-refractivity contribution is -0.141. The first-order valence-electron chi connectivity index (χ1n) is 9.23. The summed E-state index contributed by atoms with van der Waals surface area (Å²) in [7, 11) is 0. The fraction of sp³-hybridized carbons (Fsp3) is 0.611. The molecule has 1 aliphatic heterocycles. The molecule has 0 aromatic carbocycles. The van der Waals surface area contributed by atoms with Crippen LogP contribution >= 0.6 is 0 Å². The van der Waals surface area contributed by atoms with Gasteiger partial charge in [0.15, 0.2) is 5.82 Å². The molecule has 2 unspecified atom stereocenters. The van der Waals surface area contributed by atoms with Crippen LogP contribution in [-0.4, -0.2) is 38.8 Å². The third kappa shape index (κ3) is 3.27. The number of hydrogen-bond acceptors (Lipinski definition) is 6. The molecule has 0 bridgehead atoms. The van der Waals surface area contributed by atoms with Gasteiger partial charge in [-0.1, -0.05) is 30.2 Å². The van der Waals surface area contributed by atoms with Crippen molar-refractivity contribution in [2.24, 2.45) is 11.8 Å². The van der Waals surface area contributed by atoms with E-state index in [-0.39, 0.29) is 60.3 Å². The molecule has 3 amide bonds. The Bertz CT molecular complexity index is 724. The molecule has 1 aromatic heterocycles. The molecule has 26 heavy (non-hydrogen) atoms. The van der Waals surface area contributed by atoms with Crippen LogP contribution in [0.5, 0.6) is 0 Å². The van der Waals surface area contributed by atoms with E-state index >= 15 is 0 Å². The van der Waals surface area contributed by atoms with E-state index < -0.39 is 0 Å². The molecule has 1 saturated carbocycles. The van der Waals surface area contributed by atoms with Crippen molar-refractivity contribution < 1.29 is 18.9 Å². The van der Waals surface area contributed by atoms with Crippen molar-refractivity contribution in [2.75, 3.05) is 0 Å². The number of carbonyl (C=O) groups excluding carboxylic acids is 3. The number of allylic oxidation sites excluding steroid dienone is 2. The second kappa shape index (κ2) is 7.01. The number of hydrogen-bond donors (Lipinski definition) is 1. The van der Waals surface area contributed by atoms with Crippen LogP contribution in [0.25, 0.3) is 0 Å². The third-order valence-electron chi connectivity index (χ3n) is 5.44. The average Bonchev–Trinajstić information content (AvgIpc) is 3.34. The zero-order valence-electron chi connectivity index (χ0n) is 14.5. The fourth-order valence-electron chi connectivity index (χ4n) is 4.08. The van der Waals surface area contributed by atoms with Gasteiger partial charge in [0.1, 0.15) is 6.54 Å². The highest BCUT2D eigenvalue weighted by atomic mass is 16.5. The van der Waals surface area contributed by atoms with Gasteiger partial charge in [-0.05, 0) is 25.7 Å². The number of carbonyl (C=O) groups is 3. The predicted molar refractivity (Wildman–Crippen MR) is 89.3 cm³/mol. The van der Waals surface area contributed by atoms with E-state index in [0.717, 1.165) is 25.7 Å². The Morgan fingerprint density at radius 3 is 2.46 bits per heavy atom. The zero-order chi connectivity index (χ0) is 18.1. The molecule has 4 rings (SSSR count). The molecule has 138 valence electrons. The van der Waals surface area contributed by atoms with Crippen LogP contribution < -0.4 is 5.32 Å². The second-order valence-electron chi connectivity index (χ2n) is 7.25. The number of imide groups is 1. The van der Waals surface area contributed by atoms with E-state index in [9.17, 15) is 14.4 Å². The van der Waals surface area contributed by atoms with Crippen LogP contribution in [0, 0.1) is 11.8 Å². The number of likely N-dealkylation sites (tertiary alicyclic amines) is 1. The van der Waals surface area contributed by atoms with Gasteiger partial charge in [-0.25, -0.2) is 0 Å². The van der Waals surface area contributed by atoms with Gasteiger partial charge >= 0.3 is 0 Å². The van der Waals surface area contributed by atoms with Crippen molar-refractivity contribution in [1.82, 2.24) is 20.4 Å². The number of aromatic nitrogens is 2. The highest BCUT2D eigenvalue weighted by molar-refractivity contribution is 6.05. The van der Waals surface area contributed by atoms with Crippen LogP contribution in [0.4, 0.5) is 0 Å². The van der Waals surface area contributed by atoms with Crippen molar-refractivity contribution in [3.05, 3.63) is 23.9 Å². The second-order valence-corrected chi connectivity index (χ2v) is 7.25. The van der Waals surface area contributed by atoms with E-state index in [1.165, 1.54) is 4.90 Å². The van der Waals surface area contributed by atoms with E-state index in [4.69, 9.17) is 4.52 Å². The minimum atomic E-state index is -0.271. The first-order chi connectivity index (χ1) is 12.6. The highest BCUT2D eigenvalue weighted by Crippen LogP contribution is 2.35. The van der Waals surface area contributed by atoms with Crippen LogP contribution in [0.1, 0.15) is 50.2 Å². The summed E-state index contributed by atoms with van der Waals surface area (Å²) in [5, 5.41) is 6.78. The maximum absolute atomic E-state index is 12.4. The molecule has 0 spiro atoms. The van der Waals surface area contributed by atoms with Crippen molar-refractivity contribution in [3.8, 4) is 0 Å². The molecule has 0 radical (unpaired) electrons. The van der Waals surface area contributed by atoms with Gasteiger partial charge in [0, 0.05) is 6.04 Å². The summed E-state index contributed by atoms with van der Waals surface area (Å²) in [4.78, 5) is 42.3. The summed E-state index contributed by atoms with van der Waals surface area (Å²) in [6.07, 6.45) is 9.45. The Labute approximate surface area is 151 Å². The molecule has 2 aliphatic carbocycles. The number of nitrogens with zero attached hydrogens (tertiary/aromatic N) is 3. The summed E-state index contributed by atoms with van der Waals surface area (Å²) in [6.45, 7) is -0.0259. The van der Waals surface area contributed by atoms with E-state index in [0.29, 0.717) is 12.8 Å². The monoisotopic (exact) mass is 358 g/mol. The fourth-order valence-corrected chi connectivity index (χ4v) is 4.08. The lowest BCUT2D eigenvalue weighted by atomic mass is 9.85. The summed E-state index contributed by atoms with van der Waals surface area (Å²) in [6, 6.07) is 0.241. The number of amides is 3. The van der Waals surface area contributed by atoms with Crippen molar-refractivity contribution in [1.29, 1.82) is 0 Å². The van der Waals surface area contributed by atoms with Gasteiger partial charge in [0.25, 0.3) is 0 Å². The normalized spacial score (nSPS) is 25.8. The maximum atomic E-state index is 12.4. The van der Waals surface area contributed by atoms with Crippen LogP contribution in [-0.2, 0) is 27.3 Å². The lowest BCUT2D eigenvalue weighted by Crippen LogP contribution is -2.34. The first kappa shape index (κ1) is 16.9. The molecule has 1 saturated heterocycles. The molecule has 2 atom stereocenters. The Kier molecular flexibility index (Phi) is 4.57. The summed E-state index contributed by atoms with van der Waals surface area (Å²) >= 11 is 0. The Balaban J connectivity index is 1.35. The molecule has 1 N–H and O–H groups in total. The third-order valence-corrected chi connectivity index (χ3v) is 5.44. The van der Waals surface area contributed by atoms with Crippen molar-refractivity contribution in [2.45, 2.75) is 57.5 Å². The Morgan fingerprint density at radius 2 is 1.81 bits per heavy atom. The minimum Gasteiger partial charge on any atom is -0.353 e. The zero-order valence-corrected chi connectivity index (χ0v) is 14.5.